The number of H-pyrrole nitrogens is 1. The van der Waals surface area contributed by atoms with E-state index in [0.717, 1.165) is 11.0 Å². The number of rotatable bonds is 0. The Hall–Kier alpha value is -1.18. The second kappa shape index (κ2) is 4.17. The molecule has 1 aromatic carbocycles. The lowest BCUT2D eigenvalue weighted by molar-refractivity contribution is 1.30. The molecule has 1 heterocycles. The molecule has 2 radical (unpaired) electrons. The van der Waals surface area contributed by atoms with Gasteiger partial charge in [0.2, 0.25) is 0 Å². The number of aromatic amines is 1. The average molecular weight is 171 g/mol. The molecule has 0 aliphatic rings. The first-order chi connectivity index (χ1) is 6.25. The number of hydrogen-bond acceptors (Lipinski definition) is 0. The minimum atomic E-state index is 0.816. The highest BCUT2D eigenvalue weighted by Crippen LogP contribution is 2.11. The van der Waals surface area contributed by atoms with Crippen LogP contribution in [0.15, 0.2) is 24.3 Å². The Labute approximate surface area is 80.6 Å². The smallest absolute Gasteiger partial charge is 0.113 e. The van der Waals surface area contributed by atoms with Crippen LogP contribution in [0.4, 0.5) is 0 Å². The molecule has 1 aromatic heterocycles. The van der Waals surface area contributed by atoms with Crippen LogP contribution in [0.2, 0.25) is 0 Å². The summed E-state index contributed by atoms with van der Waals surface area (Å²) in [6.45, 7) is 6.04. The van der Waals surface area contributed by atoms with Gasteiger partial charge < -0.3 is 4.98 Å². The van der Waals surface area contributed by atoms with E-state index in [4.69, 9.17) is 7.85 Å². The van der Waals surface area contributed by atoms with E-state index in [2.05, 4.69) is 11.1 Å². The minimum absolute atomic E-state index is 0.816. The zero-order chi connectivity index (χ0) is 9.84. The molecular weight excluding hydrogens is 157 g/mol. The van der Waals surface area contributed by atoms with Crippen LogP contribution in [-0.2, 0) is 0 Å². The van der Waals surface area contributed by atoms with Crippen LogP contribution < -0.4 is 5.46 Å². The third-order valence-corrected chi connectivity index (χ3v) is 1.78. The van der Waals surface area contributed by atoms with E-state index in [0.29, 0.717) is 0 Å². The van der Waals surface area contributed by atoms with E-state index >= 15 is 0 Å². The van der Waals surface area contributed by atoms with Gasteiger partial charge in [0.15, 0.2) is 0 Å². The number of aryl methyl sites for hydroxylation is 1. The fourth-order valence-corrected chi connectivity index (χ4v) is 1.30. The van der Waals surface area contributed by atoms with Crippen LogP contribution in [0.1, 0.15) is 19.5 Å². The molecule has 13 heavy (non-hydrogen) atoms. The van der Waals surface area contributed by atoms with Gasteiger partial charge in [0.1, 0.15) is 7.85 Å². The van der Waals surface area contributed by atoms with Gasteiger partial charge in [-0.25, -0.2) is 0 Å². The number of aromatic nitrogens is 1. The Morgan fingerprint density at radius 3 is 2.54 bits per heavy atom. The first-order valence-electron chi connectivity index (χ1n) is 4.60. The molecule has 0 aliphatic carbocycles. The molecule has 2 aromatic rings. The number of benzene rings is 1. The SMILES string of the molecule is CC.[B]c1ccc2[nH]c(C)cc2c1. The van der Waals surface area contributed by atoms with Gasteiger partial charge in [-0.1, -0.05) is 31.4 Å². The van der Waals surface area contributed by atoms with Crippen molar-refractivity contribution in [1.29, 1.82) is 0 Å². The lowest BCUT2D eigenvalue weighted by atomic mass is 9.95. The molecule has 1 nitrogen and oxygen atoms in total. The monoisotopic (exact) mass is 171 g/mol. The number of nitrogens with one attached hydrogen (secondary N) is 1. The molecule has 0 fully saturated rings. The van der Waals surface area contributed by atoms with Crippen molar-refractivity contribution in [1.82, 2.24) is 4.98 Å². The first-order valence-corrected chi connectivity index (χ1v) is 4.60. The van der Waals surface area contributed by atoms with E-state index in [1.54, 1.807) is 0 Å². The van der Waals surface area contributed by atoms with Gasteiger partial charge in [-0.15, -0.1) is 0 Å². The highest BCUT2D eigenvalue weighted by atomic mass is 14.7. The second-order valence-electron chi connectivity index (χ2n) is 2.80. The summed E-state index contributed by atoms with van der Waals surface area (Å²) in [6.07, 6.45) is 0. The molecule has 1 N–H and O–H groups in total. The summed E-state index contributed by atoms with van der Waals surface area (Å²) in [5.41, 5.74) is 3.14. The third kappa shape index (κ3) is 2.14. The van der Waals surface area contributed by atoms with Gasteiger partial charge in [0.25, 0.3) is 0 Å². The topological polar surface area (TPSA) is 15.8 Å². The standard InChI is InChI=1S/C9H8BN.C2H6/c1-6-4-7-5-8(10)2-3-9(7)11-6;1-2/h2-5,11H,1H3;1-2H3. The average Bonchev–Trinajstić information content (AvgIpc) is 2.48. The molecule has 0 atom stereocenters. The Bertz CT molecular complexity index is 390. The summed E-state index contributed by atoms with van der Waals surface area (Å²) in [7, 11) is 5.62. The Balaban J connectivity index is 0.000000396. The second-order valence-corrected chi connectivity index (χ2v) is 2.80. The fourth-order valence-electron chi connectivity index (χ4n) is 1.30. The van der Waals surface area contributed by atoms with Crippen LogP contribution in [-0.4, -0.2) is 12.8 Å². The van der Waals surface area contributed by atoms with Crippen LogP contribution in [0, 0.1) is 6.92 Å². The molecule has 2 heteroatoms. The summed E-state index contributed by atoms with van der Waals surface area (Å²) >= 11 is 0. The van der Waals surface area contributed by atoms with Crippen molar-refractivity contribution in [2.75, 3.05) is 0 Å². The number of fused-ring (bicyclic) bond motifs is 1. The lowest BCUT2D eigenvalue weighted by Gasteiger charge is -1.90. The quantitative estimate of drug-likeness (QED) is 0.585. The highest BCUT2D eigenvalue weighted by molar-refractivity contribution is 6.33. The van der Waals surface area contributed by atoms with Gasteiger partial charge >= 0.3 is 0 Å². The van der Waals surface area contributed by atoms with Crippen molar-refractivity contribution >= 4 is 24.2 Å². The Morgan fingerprint density at radius 1 is 1.15 bits per heavy atom. The molecule has 0 saturated carbocycles. The maximum atomic E-state index is 5.62. The van der Waals surface area contributed by atoms with Crippen LogP contribution >= 0.6 is 0 Å². The summed E-state index contributed by atoms with van der Waals surface area (Å²) in [6, 6.07) is 7.96. The van der Waals surface area contributed by atoms with Crippen LogP contribution in [0.3, 0.4) is 0 Å². The van der Waals surface area contributed by atoms with Crippen molar-refractivity contribution in [3.8, 4) is 0 Å². The van der Waals surface area contributed by atoms with Crippen molar-refractivity contribution < 1.29 is 0 Å². The normalized spacial score (nSPS) is 9.46. The third-order valence-electron chi connectivity index (χ3n) is 1.78. The molecule has 0 unspecified atom stereocenters. The van der Waals surface area contributed by atoms with E-state index in [1.807, 2.05) is 39.0 Å². The summed E-state index contributed by atoms with van der Waals surface area (Å²) in [4.78, 5) is 3.23. The van der Waals surface area contributed by atoms with E-state index in [-0.39, 0.29) is 0 Å². The van der Waals surface area contributed by atoms with Crippen molar-refractivity contribution in [3.05, 3.63) is 30.0 Å². The molecule has 0 bridgehead atoms. The predicted octanol–water partition coefficient (Wildman–Crippen LogP) is 2.30. The van der Waals surface area contributed by atoms with Crippen molar-refractivity contribution in [3.63, 3.8) is 0 Å². The van der Waals surface area contributed by atoms with E-state index in [1.165, 1.54) is 11.1 Å². The van der Waals surface area contributed by atoms with Crippen LogP contribution in [0.25, 0.3) is 10.9 Å². The van der Waals surface area contributed by atoms with Gasteiger partial charge in [0.05, 0.1) is 0 Å². The summed E-state index contributed by atoms with van der Waals surface area (Å²) < 4.78 is 0. The molecular formula is C11H14BN. The molecule has 0 amide bonds. The number of hydrogen-bond donors (Lipinski definition) is 1. The van der Waals surface area contributed by atoms with Crippen molar-refractivity contribution in [2.24, 2.45) is 0 Å². The fraction of sp³-hybridized carbons (Fsp3) is 0.273. The molecule has 0 saturated heterocycles. The Kier molecular flexibility index (Phi) is 3.18. The predicted molar refractivity (Wildman–Crippen MR) is 59.8 cm³/mol. The van der Waals surface area contributed by atoms with Crippen molar-refractivity contribution in [2.45, 2.75) is 20.8 Å². The molecule has 66 valence electrons. The maximum Gasteiger partial charge on any atom is 0.113 e. The van der Waals surface area contributed by atoms with E-state index < -0.39 is 0 Å². The lowest BCUT2D eigenvalue weighted by Crippen LogP contribution is -1.98. The zero-order valence-electron chi connectivity index (χ0n) is 8.39. The van der Waals surface area contributed by atoms with Gasteiger partial charge in [-0.3, -0.25) is 0 Å². The first kappa shape index (κ1) is 9.91. The van der Waals surface area contributed by atoms with Gasteiger partial charge in [0, 0.05) is 11.2 Å². The minimum Gasteiger partial charge on any atom is -0.359 e. The van der Waals surface area contributed by atoms with Gasteiger partial charge in [-0.2, -0.15) is 0 Å². The summed E-state index contributed by atoms with van der Waals surface area (Å²) in [5.74, 6) is 0. The molecule has 2 rings (SSSR count). The zero-order valence-corrected chi connectivity index (χ0v) is 8.39. The highest BCUT2D eigenvalue weighted by Gasteiger charge is 1.95. The Morgan fingerprint density at radius 2 is 1.85 bits per heavy atom. The maximum absolute atomic E-state index is 5.62. The molecule has 0 spiro atoms. The summed E-state index contributed by atoms with van der Waals surface area (Å²) in [5, 5.41) is 1.18. The largest absolute Gasteiger partial charge is 0.359 e. The molecule has 0 aliphatic heterocycles. The van der Waals surface area contributed by atoms with Gasteiger partial charge in [-0.05, 0) is 24.4 Å². The van der Waals surface area contributed by atoms with Crippen LogP contribution in [0.5, 0.6) is 0 Å². The van der Waals surface area contributed by atoms with E-state index in [9.17, 15) is 0 Å².